The van der Waals surface area contributed by atoms with Gasteiger partial charge in [-0.1, -0.05) is 0 Å². The number of nitrogens with one attached hydrogen (secondary N) is 1. The highest BCUT2D eigenvalue weighted by molar-refractivity contribution is 5.90. The summed E-state index contributed by atoms with van der Waals surface area (Å²) in [5.41, 5.74) is 6.66. The molecule has 2 heterocycles. The average molecular weight is 302 g/mol. The van der Waals surface area contributed by atoms with Crippen molar-refractivity contribution in [3.8, 4) is 11.5 Å². The molecule has 3 N–H and O–H groups in total. The fraction of sp³-hybridized carbons (Fsp3) is 0.500. The molecule has 2 aromatic rings. The van der Waals surface area contributed by atoms with Crippen LogP contribution in [0.15, 0.2) is 18.5 Å². The van der Waals surface area contributed by atoms with Crippen LogP contribution in [0.2, 0.25) is 0 Å². The first-order valence-corrected chi connectivity index (χ1v) is 7.64. The number of benzene rings is 1. The van der Waals surface area contributed by atoms with Crippen LogP contribution in [0, 0.1) is 5.92 Å². The minimum atomic E-state index is 0.132. The van der Waals surface area contributed by atoms with E-state index >= 15 is 0 Å². The lowest BCUT2D eigenvalue weighted by atomic mass is 9.93. The van der Waals surface area contributed by atoms with Crippen molar-refractivity contribution in [3.63, 3.8) is 0 Å². The Labute approximate surface area is 130 Å². The molecule has 6 heteroatoms. The van der Waals surface area contributed by atoms with E-state index in [1.807, 2.05) is 12.1 Å². The maximum Gasteiger partial charge on any atom is 0.163 e. The molecule has 22 heavy (non-hydrogen) atoms. The third kappa shape index (κ3) is 2.92. The number of fused-ring (bicyclic) bond motifs is 1. The summed E-state index contributed by atoms with van der Waals surface area (Å²) in [5, 5.41) is 4.15. The molecule has 1 aliphatic heterocycles. The van der Waals surface area contributed by atoms with Gasteiger partial charge in [0.1, 0.15) is 12.1 Å². The fourth-order valence-corrected chi connectivity index (χ4v) is 2.95. The number of piperidine rings is 1. The van der Waals surface area contributed by atoms with E-state index in [0.29, 0.717) is 23.2 Å². The normalized spacial score (nSPS) is 17.4. The second-order valence-electron chi connectivity index (χ2n) is 5.69. The zero-order chi connectivity index (χ0) is 15.5. The Balaban J connectivity index is 1.88. The lowest BCUT2D eigenvalue weighted by Crippen LogP contribution is -2.35. The van der Waals surface area contributed by atoms with E-state index in [2.05, 4.69) is 22.2 Å². The molecule has 1 unspecified atom stereocenters. The molecule has 3 rings (SSSR count). The number of ether oxygens (including phenoxy) is 2. The lowest BCUT2D eigenvalue weighted by Gasteiger charge is -2.29. The van der Waals surface area contributed by atoms with Gasteiger partial charge < -0.3 is 20.5 Å². The second kappa shape index (κ2) is 6.36. The molecule has 0 amide bonds. The highest BCUT2D eigenvalue weighted by Crippen LogP contribution is 2.35. The SMILES string of the molecule is COc1cc2c(N)ncnc2cc1OC(C)C1CCNCC1. The number of rotatable bonds is 4. The van der Waals surface area contributed by atoms with Gasteiger partial charge in [0.05, 0.1) is 18.7 Å². The van der Waals surface area contributed by atoms with E-state index in [1.165, 1.54) is 6.33 Å². The molecule has 1 aromatic heterocycles. The van der Waals surface area contributed by atoms with Crippen molar-refractivity contribution in [1.82, 2.24) is 15.3 Å². The van der Waals surface area contributed by atoms with E-state index in [4.69, 9.17) is 15.2 Å². The Hall–Kier alpha value is -2.08. The number of hydrogen-bond acceptors (Lipinski definition) is 6. The summed E-state index contributed by atoms with van der Waals surface area (Å²) in [5.74, 6) is 2.37. The first-order chi connectivity index (χ1) is 10.7. The molecule has 0 aliphatic carbocycles. The molecule has 1 fully saturated rings. The van der Waals surface area contributed by atoms with Crippen LogP contribution in [-0.4, -0.2) is 36.3 Å². The first kappa shape index (κ1) is 14.8. The number of nitrogens with zero attached hydrogens (tertiary/aromatic N) is 2. The van der Waals surface area contributed by atoms with E-state index in [1.54, 1.807) is 7.11 Å². The third-order valence-electron chi connectivity index (χ3n) is 4.31. The van der Waals surface area contributed by atoms with Gasteiger partial charge in [-0.3, -0.25) is 0 Å². The summed E-state index contributed by atoms with van der Waals surface area (Å²) in [6.07, 6.45) is 3.86. The summed E-state index contributed by atoms with van der Waals surface area (Å²) in [4.78, 5) is 8.27. The lowest BCUT2D eigenvalue weighted by molar-refractivity contribution is 0.124. The Kier molecular flexibility index (Phi) is 4.29. The van der Waals surface area contributed by atoms with Crippen molar-refractivity contribution in [2.24, 2.45) is 5.92 Å². The topological polar surface area (TPSA) is 82.3 Å². The summed E-state index contributed by atoms with van der Waals surface area (Å²) in [6.45, 7) is 4.22. The molecule has 1 saturated heterocycles. The molecule has 0 saturated carbocycles. The summed E-state index contributed by atoms with van der Waals surface area (Å²) < 4.78 is 11.6. The summed E-state index contributed by atoms with van der Waals surface area (Å²) >= 11 is 0. The Morgan fingerprint density at radius 1 is 1.23 bits per heavy atom. The van der Waals surface area contributed by atoms with Gasteiger partial charge in [-0.05, 0) is 44.8 Å². The Morgan fingerprint density at radius 3 is 2.73 bits per heavy atom. The minimum absolute atomic E-state index is 0.132. The van der Waals surface area contributed by atoms with Crippen molar-refractivity contribution in [2.75, 3.05) is 25.9 Å². The van der Waals surface area contributed by atoms with Crippen molar-refractivity contribution in [2.45, 2.75) is 25.9 Å². The quantitative estimate of drug-likeness (QED) is 0.899. The molecule has 1 aromatic carbocycles. The van der Waals surface area contributed by atoms with E-state index in [-0.39, 0.29) is 6.10 Å². The highest BCUT2D eigenvalue weighted by atomic mass is 16.5. The third-order valence-corrected chi connectivity index (χ3v) is 4.31. The second-order valence-corrected chi connectivity index (χ2v) is 5.69. The number of nitrogens with two attached hydrogens (primary N) is 1. The van der Waals surface area contributed by atoms with Crippen LogP contribution in [0.3, 0.4) is 0 Å². The summed E-state index contributed by atoms with van der Waals surface area (Å²) in [7, 11) is 1.63. The zero-order valence-corrected chi connectivity index (χ0v) is 13.0. The first-order valence-electron chi connectivity index (χ1n) is 7.64. The number of aromatic nitrogens is 2. The van der Waals surface area contributed by atoms with Gasteiger partial charge in [0, 0.05) is 11.5 Å². The van der Waals surface area contributed by atoms with E-state index in [0.717, 1.165) is 36.8 Å². The number of nitrogen functional groups attached to an aromatic ring is 1. The molecule has 0 spiro atoms. The standard InChI is InChI=1S/C16H22N4O2/c1-10(11-3-5-18-6-4-11)22-15-8-13-12(7-14(15)21-2)16(17)20-9-19-13/h7-11,18H,3-6H2,1-2H3,(H2,17,19,20). The van der Waals surface area contributed by atoms with Crippen molar-refractivity contribution < 1.29 is 9.47 Å². The number of hydrogen-bond donors (Lipinski definition) is 2. The number of methoxy groups -OCH3 is 1. The van der Waals surface area contributed by atoms with E-state index < -0.39 is 0 Å². The van der Waals surface area contributed by atoms with Crippen molar-refractivity contribution >= 4 is 16.7 Å². The molecular weight excluding hydrogens is 280 g/mol. The molecule has 1 atom stereocenters. The van der Waals surface area contributed by atoms with Crippen LogP contribution in [0.1, 0.15) is 19.8 Å². The molecule has 118 valence electrons. The van der Waals surface area contributed by atoms with Gasteiger partial charge in [-0.15, -0.1) is 0 Å². The van der Waals surface area contributed by atoms with Crippen LogP contribution >= 0.6 is 0 Å². The predicted molar refractivity (Wildman–Crippen MR) is 86.2 cm³/mol. The Morgan fingerprint density at radius 2 is 2.00 bits per heavy atom. The van der Waals surface area contributed by atoms with Crippen LogP contribution in [0.5, 0.6) is 11.5 Å². The maximum atomic E-state index is 6.17. The van der Waals surface area contributed by atoms with Gasteiger partial charge >= 0.3 is 0 Å². The van der Waals surface area contributed by atoms with Gasteiger partial charge in [0.2, 0.25) is 0 Å². The average Bonchev–Trinajstić information content (AvgIpc) is 2.55. The zero-order valence-electron chi connectivity index (χ0n) is 13.0. The fourth-order valence-electron chi connectivity index (χ4n) is 2.95. The smallest absolute Gasteiger partial charge is 0.163 e. The van der Waals surface area contributed by atoms with Crippen LogP contribution in [-0.2, 0) is 0 Å². The van der Waals surface area contributed by atoms with Crippen molar-refractivity contribution in [3.05, 3.63) is 18.5 Å². The highest BCUT2D eigenvalue weighted by Gasteiger charge is 2.22. The van der Waals surface area contributed by atoms with Crippen molar-refractivity contribution in [1.29, 1.82) is 0 Å². The van der Waals surface area contributed by atoms with Gasteiger partial charge in [0.15, 0.2) is 11.5 Å². The van der Waals surface area contributed by atoms with Gasteiger partial charge in [0.25, 0.3) is 0 Å². The van der Waals surface area contributed by atoms with Gasteiger partial charge in [-0.2, -0.15) is 0 Å². The number of anilines is 1. The minimum Gasteiger partial charge on any atom is -0.493 e. The Bertz CT molecular complexity index is 656. The van der Waals surface area contributed by atoms with Gasteiger partial charge in [-0.25, -0.2) is 9.97 Å². The predicted octanol–water partition coefficient (Wildman–Crippen LogP) is 1.99. The monoisotopic (exact) mass is 302 g/mol. The maximum absolute atomic E-state index is 6.17. The molecular formula is C16H22N4O2. The summed E-state index contributed by atoms with van der Waals surface area (Å²) in [6, 6.07) is 3.72. The largest absolute Gasteiger partial charge is 0.493 e. The van der Waals surface area contributed by atoms with E-state index in [9.17, 15) is 0 Å². The van der Waals surface area contributed by atoms with Crippen LogP contribution in [0.25, 0.3) is 10.9 Å². The molecule has 1 aliphatic rings. The molecule has 6 nitrogen and oxygen atoms in total. The van der Waals surface area contributed by atoms with Crippen LogP contribution in [0.4, 0.5) is 5.82 Å². The molecule has 0 radical (unpaired) electrons. The molecule has 0 bridgehead atoms. The van der Waals surface area contributed by atoms with Crippen LogP contribution < -0.4 is 20.5 Å².